The molecule has 0 radical (unpaired) electrons. The van der Waals surface area contributed by atoms with Gasteiger partial charge in [0, 0.05) is 4.90 Å². The highest BCUT2D eigenvalue weighted by Gasteiger charge is 2.13. The number of rotatable bonds is 5. The SMILES string of the molecule is COC(=O)c1ccccc1NC(=O)CSc1ccccc1F. The molecule has 0 spiro atoms. The number of anilines is 1. The summed E-state index contributed by atoms with van der Waals surface area (Å²) in [6.45, 7) is 0. The highest BCUT2D eigenvalue weighted by molar-refractivity contribution is 8.00. The zero-order valence-corrected chi connectivity index (χ0v) is 12.7. The molecule has 0 unspecified atom stereocenters. The third kappa shape index (κ3) is 4.08. The summed E-state index contributed by atoms with van der Waals surface area (Å²) in [7, 11) is 1.27. The second kappa shape index (κ2) is 7.61. The Morgan fingerprint density at radius 2 is 1.82 bits per heavy atom. The average molecular weight is 319 g/mol. The highest BCUT2D eigenvalue weighted by Crippen LogP contribution is 2.22. The number of benzene rings is 2. The van der Waals surface area contributed by atoms with Crippen molar-refractivity contribution in [2.45, 2.75) is 4.90 Å². The summed E-state index contributed by atoms with van der Waals surface area (Å²) in [4.78, 5) is 24.0. The van der Waals surface area contributed by atoms with Crippen LogP contribution in [0.25, 0.3) is 0 Å². The van der Waals surface area contributed by atoms with Crippen LogP contribution in [0.1, 0.15) is 10.4 Å². The number of carbonyl (C=O) groups is 2. The first-order valence-corrected chi connectivity index (χ1v) is 7.45. The predicted molar refractivity (Wildman–Crippen MR) is 83.5 cm³/mol. The van der Waals surface area contributed by atoms with Crippen LogP contribution < -0.4 is 5.32 Å². The lowest BCUT2D eigenvalue weighted by Gasteiger charge is -2.09. The second-order valence-electron chi connectivity index (χ2n) is 4.30. The van der Waals surface area contributed by atoms with Crippen LogP contribution in [0.4, 0.5) is 10.1 Å². The van der Waals surface area contributed by atoms with Crippen LogP contribution in [-0.4, -0.2) is 24.7 Å². The lowest BCUT2D eigenvalue weighted by Crippen LogP contribution is -2.17. The fourth-order valence-electron chi connectivity index (χ4n) is 1.77. The molecule has 0 bridgehead atoms. The summed E-state index contributed by atoms with van der Waals surface area (Å²) in [6.07, 6.45) is 0. The van der Waals surface area contributed by atoms with Gasteiger partial charge in [-0.15, -0.1) is 11.8 Å². The van der Waals surface area contributed by atoms with Crippen LogP contribution >= 0.6 is 11.8 Å². The maximum absolute atomic E-state index is 13.5. The zero-order chi connectivity index (χ0) is 15.9. The van der Waals surface area contributed by atoms with E-state index in [0.29, 0.717) is 10.6 Å². The number of carbonyl (C=O) groups excluding carboxylic acids is 2. The van der Waals surface area contributed by atoms with Gasteiger partial charge in [0.2, 0.25) is 5.91 Å². The lowest BCUT2D eigenvalue weighted by molar-refractivity contribution is -0.113. The van der Waals surface area contributed by atoms with Crippen molar-refractivity contribution in [2.75, 3.05) is 18.2 Å². The summed E-state index contributed by atoms with van der Waals surface area (Å²) in [5.74, 6) is -1.19. The molecule has 0 aliphatic rings. The number of ether oxygens (including phenoxy) is 1. The monoisotopic (exact) mass is 319 g/mol. The zero-order valence-electron chi connectivity index (χ0n) is 11.8. The molecule has 0 saturated heterocycles. The summed E-state index contributed by atoms with van der Waals surface area (Å²) in [6, 6.07) is 12.8. The van der Waals surface area contributed by atoms with E-state index in [1.54, 1.807) is 42.5 Å². The number of methoxy groups -OCH3 is 1. The highest BCUT2D eigenvalue weighted by atomic mass is 32.2. The van der Waals surface area contributed by atoms with Crippen LogP contribution in [0.2, 0.25) is 0 Å². The first-order chi connectivity index (χ1) is 10.6. The summed E-state index contributed by atoms with van der Waals surface area (Å²) in [5, 5.41) is 2.63. The molecule has 2 aromatic rings. The number of amides is 1. The van der Waals surface area contributed by atoms with E-state index in [1.165, 1.54) is 13.2 Å². The maximum Gasteiger partial charge on any atom is 0.339 e. The van der Waals surface area contributed by atoms with Crippen molar-refractivity contribution in [2.24, 2.45) is 0 Å². The smallest absolute Gasteiger partial charge is 0.339 e. The standard InChI is InChI=1S/C16H14FNO3S/c1-21-16(20)11-6-2-4-8-13(11)18-15(19)10-22-14-9-5-3-7-12(14)17/h2-9H,10H2,1H3,(H,18,19). The number of hydrogen-bond acceptors (Lipinski definition) is 4. The largest absolute Gasteiger partial charge is 0.465 e. The topological polar surface area (TPSA) is 55.4 Å². The number of halogens is 1. The molecule has 0 fully saturated rings. The van der Waals surface area contributed by atoms with Crippen molar-refractivity contribution >= 4 is 29.3 Å². The van der Waals surface area contributed by atoms with E-state index >= 15 is 0 Å². The van der Waals surface area contributed by atoms with E-state index in [2.05, 4.69) is 10.1 Å². The van der Waals surface area contributed by atoms with Gasteiger partial charge >= 0.3 is 5.97 Å². The number of hydrogen-bond donors (Lipinski definition) is 1. The number of esters is 1. The van der Waals surface area contributed by atoms with Crippen molar-refractivity contribution < 1.29 is 18.7 Å². The normalized spacial score (nSPS) is 10.1. The van der Waals surface area contributed by atoms with E-state index in [9.17, 15) is 14.0 Å². The van der Waals surface area contributed by atoms with Crippen molar-refractivity contribution in [1.82, 2.24) is 0 Å². The number of nitrogens with one attached hydrogen (secondary N) is 1. The van der Waals surface area contributed by atoms with Crippen LogP contribution in [0, 0.1) is 5.82 Å². The average Bonchev–Trinajstić information content (AvgIpc) is 2.54. The Labute approximate surface area is 131 Å². The molecule has 0 aromatic heterocycles. The number of para-hydroxylation sites is 1. The Bertz CT molecular complexity index is 691. The van der Waals surface area contributed by atoms with Crippen molar-refractivity contribution in [3.8, 4) is 0 Å². The third-order valence-corrected chi connectivity index (χ3v) is 3.85. The Hall–Kier alpha value is -2.34. The quantitative estimate of drug-likeness (QED) is 0.678. The van der Waals surface area contributed by atoms with Crippen LogP contribution in [0.3, 0.4) is 0 Å². The third-order valence-electron chi connectivity index (χ3n) is 2.80. The van der Waals surface area contributed by atoms with Crippen LogP contribution in [0.15, 0.2) is 53.4 Å². The minimum atomic E-state index is -0.530. The summed E-state index contributed by atoms with van der Waals surface area (Å²) >= 11 is 1.09. The molecular formula is C16H14FNO3S. The van der Waals surface area contributed by atoms with Gasteiger partial charge in [0.25, 0.3) is 0 Å². The molecule has 6 heteroatoms. The van der Waals surface area contributed by atoms with E-state index in [4.69, 9.17) is 0 Å². The molecule has 1 amide bonds. The Balaban J connectivity index is 2.01. The van der Waals surface area contributed by atoms with Crippen molar-refractivity contribution in [3.05, 3.63) is 59.9 Å². The molecule has 0 aliphatic heterocycles. The minimum absolute atomic E-state index is 0.0381. The van der Waals surface area contributed by atoms with Gasteiger partial charge in [-0.25, -0.2) is 9.18 Å². The Kier molecular flexibility index (Phi) is 5.55. The van der Waals surface area contributed by atoms with Gasteiger partial charge in [0.1, 0.15) is 5.82 Å². The van der Waals surface area contributed by atoms with Gasteiger partial charge in [0.15, 0.2) is 0 Å². The first kappa shape index (κ1) is 16.0. The van der Waals surface area contributed by atoms with Gasteiger partial charge in [-0.2, -0.15) is 0 Å². The lowest BCUT2D eigenvalue weighted by atomic mass is 10.2. The molecule has 0 saturated carbocycles. The van der Waals surface area contributed by atoms with Gasteiger partial charge < -0.3 is 10.1 Å². The van der Waals surface area contributed by atoms with E-state index in [-0.39, 0.29) is 23.0 Å². The summed E-state index contributed by atoms with van der Waals surface area (Å²) < 4.78 is 18.1. The molecule has 0 atom stereocenters. The fraction of sp³-hybridized carbons (Fsp3) is 0.125. The van der Waals surface area contributed by atoms with E-state index in [0.717, 1.165) is 11.8 Å². The van der Waals surface area contributed by atoms with Gasteiger partial charge in [-0.1, -0.05) is 24.3 Å². The van der Waals surface area contributed by atoms with Gasteiger partial charge in [0.05, 0.1) is 24.1 Å². The van der Waals surface area contributed by atoms with Crippen LogP contribution in [0.5, 0.6) is 0 Å². The first-order valence-electron chi connectivity index (χ1n) is 6.46. The van der Waals surface area contributed by atoms with E-state index in [1.807, 2.05) is 0 Å². The Morgan fingerprint density at radius 3 is 2.55 bits per heavy atom. The second-order valence-corrected chi connectivity index (χ2v) is 5.32. The molecule has 4 nitrogen and oxygen atoms in total. The molecule has 0 heterocycles. The fourth-order valence-corrected chi connectivity index (χ4v) is 2.51. The molecular weight excluding hydrogens is 305 g/mol. The molecule has 2 rings (SSSR count). The predicted octanol–water partition coefficient (Wildman–Crippen LogP) is 3.34. The minimum Gasteiger partial charge on any atom is -0.465 e. The number of thioether (sulfide) groups is 1. The molecule has 0 aliphatic carbocycles. The summed E-state index contributed by atoms with van der Waals surface area (Å²) in [5.41, 5.74) is 0.641. The van der Waals surface area contributed by atoms with Crippen molar-refractivity contribution in [3.63, 3.8) is 0 Å². The molecule has 1 N–H and O–H groups in total. The van der Waals surface area contributed by atoms with Gasteiger partial charge in [-0.05, 0) is 24.3 Å². The molecule has 2 aromatic carbocycles. The maximum atomic E-state index is 13.5. The molecule has 22 heavy (non-hydrogen) atoms. The van der Waals surface area contributed by atoms with Gasteiger partial charge in [-0.3, -0.25) is 4.79 Å². The van der Waals surface area contributed by atoms with Crippen molar-refractivity contribution in [1.29, 1.82) is 0 Å². The van der Waals surface area contributed by atoms with Crippen LogP contribution in [-0.2, 0) is 9.53 Å². The Morgan fingerprint density at radius 1 is 1.14 bits per heavy atom. The molecule has 114 valence electrons. The van der Waals surface area contributed by atoms with E-state index < -0.39 is 5.97 Å².